The number of amides is 1. The minimum absolute atomic E-state index is 0.0276. The maximum Gasteiger partial charge on any atom is 0.254 e. The number of nitrogens with one attached hydrogen (secondary N) is 1. The number of aromatic nitrogens is 1. The minimum Gasteiger partial charge on any atom is -0.497 e. The molecule has 0 saturated carbocycles. The van der Waals surface area contributed by atoms with E-state index in [1.54, 1.807) is 7.11 Å². The number of carbonyl (C=O) groups is 1. The van der Waals surface area contributed by atoms with Crippen molar-refractivity contribution in [3.05, 3.63) is 129 Å². The molecule has 1 amide bonds. The van der Waals surface area contributed by atoms with Gasteiger partial charge in [-0.15, -0.1) is 0 Å². The van der Waals surface area contributed by atoms with E-state index in [-0.39, 0.29) is 11.9 Å². The van der Waals surface area contributed by atoms with Gasteiger partial charge < -0.3 is 19.4 Å². The largest absolute Gasteiger partial charge is 0.497 e. The third-order valence-electron chi connectivity index (χ3n) is 7.11. The van der Waals surface area contributed by atoms with Crippen molar-refractivity contribution in [3.63, 3.8) is 0 Å². The number of methoxy groups -OCH3 is 1. The fourth-order valence-electron chi connectivity index (χ4n) is 5.23. The Bertz CT molecular complexity index is 1590. The predicted molar refractivity (Wildman–Crippen MR) is 158 cm³/mol. The van der Waals surface area contributed by atoms with Gasteiger partial charge in [-0.05, 0) is 94.2 Å². The Balaban J connectivity index is 1.38. The van der Waals surface area contributed by atoms with Gasteiger partial charge in [0.2, 0.25) is 0 Å². The molecule has 0 saturated heterocycles. The van der Waals surface area contributed by atoms with Gasteiger partial charge in [0.25, 0.3) is 5.91 Å². The maximum atomic E-state index is 13.9. The zero-order valence-corrected chi connectivity index (χ0v) is 23.1. The van der Waals surface area contributed by atoms with E-state index in [0.717, 1.165) is 49.2 Å². The van der Waals surface area contributed by atoms with Crippen molar-refractivity contribution < 1.29 is 14.3 Å². The van der Waals surface area contributed by atoms with Gasteiger partial charge in [0.15, 0.2) is 0 Å². The highest BCUT2D eigenvalue weighted by Gasteiger charge is 2.35. The van der Waals surface area contributed by atoms with Gasteiger partial charge >= 0.3 is 0 Å². The normalized spacial score (nSPS) is 14.8. The number of H-pyrrole nitrogens is 1. The number of ether oxygens (including phenoxy) is 2. The summed E-state index contributed by atoms with van der Waals surface area (Å²) in [7, 11) is 1.69. The molecule has 2 heterocycles. The Hall–Kier alpha value is -3.78. The molecule has 1 aromatic heterocycles. The van der Waals surface area contributed by atoms with E-state index in [2.05, 4.69) is 64.0 Å². The first-order valence-corrected chi connectivity index (χ1v) is 13.7. The molecule has 38 heavy (non-hydrogen) atoms. The van der Waals surface area contributed by atoms with Gasteiger partial charge in [-0.25, -0.2) is 0 Å². The highest BCUT2D eigenvalue weighted by molar-refractivity contribution is 14.1. The molecule has 0 unspecified atom stereocenters. The second-order valence-corrected chi connectivity index (χ2v) is 10.7. The lowest BCUT2D eigenvalue weighted by Gasteiger charge is -2.36. The smallest absolute Gasteiger partial charge is 0.254 e. The number of rotatable bonds is 6. The van der Waals surface area contributed by atoms with Gasteiger partial charge in [0.05, 0.1) is 13.2 Å². The van der Waals surface area contributed by atoms with Crippen LogP contribution in [-0.2, 0) is 13.0 Å². The molecule has 1 aliphatic rings. The predicted octanol–water partition coefficient (Wildman–Crippen LogP) is 7.15. The Morgan fingerprint density at radius 3 is 2.50 bits per heavy atom. The Morgan fingerprint density at radius 1 is 0.947 bits per heavy atom. The van der Waals surface area contributed by atoms with Crippen molar-refractivity contribution in [1.29, 1.82) is 0 Å². The van der Waals surface area contributed by atoms with Gasteiger partial charge in [-0.3, -0.25) is 4.79 Å². The van der Waals surface area contributed by atoms with Gasteiger partial charge in [0, 0.05) is 32.3 Å². The third kappa shape index (κ3) is 4.76. The summed E-state index contributed by atoms with van der Waals surface area (Å²) in [5.74, 6) is 1.65. The van der Waals surface area contributed by atoms with Gasteiger partial charge in [0.1, 0.15) is 18.1 Å². The summed E-state index contributed by atoms with van der Waals surface area (Å²) in [6, 6.07) is 31.9. The van der Waals surface area contributed by atoms with Crippen molar-refractivity contribution in [1.82, 2.24) is 9.88 Å². The summed E-state index contributed by atoms with van der Waals surface area (Å²) in [5, 5.41) is 1.15. The Kier molecular flexibility index (Phi) is 6.81. The molecule has 0 radical (unpaired) electrons. The quantitative estimate of drug-likeness (QED) is 0.207. The van der Waals surface area contributed by atoms with Crippen LogP contribution in [0.15, 0.2) is 97.1 Å². The number of benzene rings is 4. The van der Waals surface area contributed by atoms with E-state index in [9.17, 15) is 4.79 Å². The summed E-state index contributed by atoms with van der Waals surface area (Å²) in [5.41, 5.74) is 6.20. The SMILES string of the molecule is COc1ccc2[nH]c3c(c2c1)CCN(C(=O)c1cccc(I)c1)[C@H]3c1ccc(OCc2ccccc2)cc1. The number of nitrogens with zero attached hydrogens (tertiary/aromatic N) is 1. The molecule has 1 aliphatic heterocycles. The standard InChI is InChI=1S/C32H27IN2O3/c1-37-26-14-15-29-28(19-26)27-16-17-35(32(36)23-8-5-9-24(33)18-23)31(30(27)34-29)22-10-12-25(13-11-22)38-20-21-6-3-2-4-7-21/h2-15,18-19,31,34H,16-17,20H2,1H3/t31-/m0/s1. The zero-order chi connectivity index (χ0) is 26.1. The molecule has 6 rings (SSSR count). The fourth-order valence-corrected chi connectivity index (χ4v) is 5.78. The van der Waals surface area contributed by atoms with Crippen molar-refractivity contribution in [2.45, 2.75) is 19.1 Å². The zero-order valence-electron chi connectivity index (χ0n) is 21.0. The summed E-state index contributed by atoms with van der Waals surface area (Å²) in [4.78, 5) is 19.5. The van der Waals surface area contributed by atoms with E-state index in [4.69, 9.17) is 9.47 Å². The van der Waals surface area contributed by atoms with Crippen molar-refractivity contribution in [2.24, 2.45) is 0 Å². The van der Waals surface area contributed by atoms with Crippen LogP contribution in [0.2, 0.25) is 0 Å². The average molecular weight is 614 g/mol. The topological polar surface area (TPSA) is 54.6 Å². The first-order chi connectivity index (χ1) is 18.6. The average Bonchev–Trinajstić information content (AvgIpc) is 3.34. The number of halogens is 1. The van der Waals surface area contributed by atoms with Crippen LogP contribution in [0.5, 0.6) is 11.5 Å². The van der Waals surface area contributed by atoms with Crippen LogP contribution in [-0.4, -0.2) is 29.4 Å². The highest BCUT2D eigenvalue weighted by atomic mass is 127. The van der Waals surface area contributed by atoms with E-state index in [1.165, 1.54) is 5.56 Å². The molecule has 0 bridgehead atoms. The lowest BCUT2D eigenvalue weighted by Crippen LogP contribution is -2.40. The number of carbonyl (C=O) groups excluding carboxylic acids is 1. The number of hydrogen-bond acceptors (Lipinski definition) is 3. The molecule has 1 N–H and O–H groups in total. The molecule has 190 valence electrons. The highest BCUT2D eigenvalue weighted by Crippen LogP contribution is 2.40. The van der Waals surface area contributed by atoms with E-state index in [0.29, 0.717) is 18.7 Å². The molecule has 5 nitrogen and oxygen atoms in total. The van der Waals surface area contributed by atoms with Crippen molar-refractivity contribution >= 4 is 39.4 Å². The van der Waals surface area contributed by atoms with Crippen LogP contribution >= 0.6 is 22.6 Å². The fraction of sp³-hybridized carbons (Fsp3) is 0.156. The van der Waals surface area contributed by atoms with Crippen LogP contribution in [0.3, 0.4) is 0 Å². The molecular weight excluding hydrogens is 587 g/mol. The summed E-state index contributed by atoms with van der Waals surface area (Å²) >= 11 is 2.26. The minimum atomic E-state index is -0.245. The second kappa shape index (κ2) is 10.5. The molecule has 6 heteroatoms. The molecular formula is C32H27IN2O3. The molecule has 0 spiro atoms. The summed E-state index contributed by atoms with van der Waals surface area (Å²) in [6.07, 6.45) is 0.771. The monoisotopic (exact) mass is 614 g/mol. The van der Waals surface area contributed by atoms with Crippen LogP contribution in [0.4, 0.5) is 0 Å². The molecule has 5 aromatic rings. The number of fused-ring (bicyclic) bond motifs is 3. The van der Waals surface area contributed by atoms with Crippen LogP contribution in [0.1, 0.15) is 38.8 Å². The summed E-state index contributed by atoms with van der Waals surface area (Å²) < 4.78 is 12.6. The Labute approximate surface area is 235 Å². The van der Waals surface area contributed by atoms with Crippen molar-refractivity contribution in [3.8, 4) is 11.5 Å². The lowest BCUT2D eigenvalue weighted by molar-refractivity contribution is 0.0692. The molecule has 0 aliphatic carbocycles. The van der Waals surface area contributed by atoms with Crippen LogP contribution in [0.25, 0.3) is 10.9 Å². The lowest BCUT2D eigenvalue weighted by atomic mass is 9.91. The van der Waals surface area contributed by atoms with Crippen LogP contribution < -0.4 is 9.47 Å². The molecule has 4 aromatic carbocycles. The van der Waals surface area contributed by atoms with E-state index >= 15 is 0 Å². The number of aromatic amines is 1. The first-order valence-electron chi connectivity index (χ1n) is 12.6. The van der Waals surface area contributed by atoms with Crippen LogP contribution in [0, 0.1) is 3.57 Å². The van der Waals surface area contributed by atoms with E-state index in [1.807, 2.05) is 65.6 Å². The number of hydrogen-bond donors (Lipinski definition) is 1. The Morgan fingerprint density at radius 2 is 1.74 bits per heavy atom. The summed E-state index contributed by atoms with van der Waals surface area (Å²) in [6.45, 7) is 1.13. The second-order valence-electron chi connectivity index (χ2n) is 9.43. The van der Waals surface area contributed by atoms with Gasteiger partial charge in [-0.2, -0.15) is 0 Å². The molecule has 1 atom stereocenters. The van der Waals surface area contributed by atoms with Gasteiger partial charge in [-0.1, -0.05) is 48.5 Å². The first kappa shape index (κ1) is 24.6. The third-order valence-corrected chi connectivity index (χ3v) is 7.78. The maximum absolute atomic E-state index is 13.9. The van der Waals surface area contributed by atoms with E-state index < -0.39 is 0 Å². The van der Waals surface area contributed by atoms with Crippen molar-refractivity contribution in [2.75, 3.05) is 13.7 Å². The molecule has 0 fully saturated rings.